The minimum Gasteiger partial charge on any atom is -0.466 e. The maximum absolute atomic E-state index is 12.5. The molecule has 0 saturated carbocycles. The maximum atomic E-state index is 12.5. The van der Waals surface area contributed by atoms with Crippen LogP contribution in [0.1, 0.15) is 393 Å². The lowest BCUT2D eigenvalue weighted by molar-refractivity contribution is -0.143. The smallest absolute Gasteiger partial charge is 0.305 e. The second-order valence-electron chi connectivity index (χ2n) is 23.9. The van der Waals surface area contributed by atoms with E-state index < -0.39 is 12.1 Å². The van der Waals surface area contributed by atoms with Crippen molar-refractivity contribution in [1.29, 1.82) is 0 Å². The molecule has 0 aromatic carbocycles. The molecule has 0 spiro atoms. The van der Waals surface area contributed by atoms with Crippen LogP contribution < -0.4 is 5.32 Å². The van der Waals surface area contributed by atoms with E-state index in [1.165, 1.54) is 327 Å². The average Bonchev–Trinajstić information content (AvgIpc) is 3.41. The number of amides is 1. The number of esters is 1. The molecule has 6 heteroatoms. The number of aliphatic hydroxyl groups excluding tert-OH is 2. The third-order valence-corrected chi connectivity index (χ3v) is 16.3. The van der Waals surface area contributed by atoms with Gasteiger partial charge in [-0.15, -0.1) is 0 Å². The highest BCUT2D eigenvalue weighted by molar-refractivity contribution is 5.76. The molecule has 0 bridgehead atoms. The van der Waals surface area contributed by atoms with E-state index in [1.54, 1.807) is 6.08 Å². The van der Waals surface area contributed by atoms with Crippen LogP contribution in [0.2, 0.25) is 0 Å². The van der Waals surface area contributed by atoms with Gasteiger partial charge in [0.05, 0.1) is 25.4 Å². The van der Waals surface area contributed by atoms with Gasteiger partial charge in [0.1, 0.15) is 0 Å². The molecule has 0 rings (SSSR count). The van der Waals surface area contributed by atoms with Crippen molar-refractivity contribution in [2.24, 2.45) is 0 Å². The number of carbonyl (C=O) groups is 2. The van der Waals surface area contributed by atoms with Gasteiger partial charge in [-0.05, 0) is 32.1 Å². The van der Waals surface area contributed by atoms with Gasteiger partial charge in [0.2, 0.25) is 5.91 Å². The van der Waals surface area contributed by atoms with E-state index in [0.29, 0.717) is 19.4 Å². The number of hydrogen-bond acceptors (Lipinski definition) is 5. The predicted octanol–water partition coefficient (Wildman–Crippen LogP) is 22.0. The van der Waals surface area contributed by atoms with Crippen LogP contribution in [0.4, 0.5) is 0 Å². The van der Waals surface area contributed by atoms with Gasteiger partial charge in [-0.2, -0.15) is 0 Å². The number of carbonyl (C=O) groups excluding carboxylic acids is 2. The Morgan fingerprint density at radius 1 is 0.360 bits per heavy atom. The molecule has 6 nitrogen and oxygen atoms in total. The average molecular weight is 1060 g/mol. The molecule has 3 N–H and O–H groups in total. The Morgan fingerprint density at radius 2 is 0.613 bits per heavy atom. The lowest BCUT2D eigenvalue weighted by atomic mass is 10.0. The quantitative estimate of drug-likeness (QED) is 0.0320. The normalized spacial score (nSPS) is 12.5. The third kappa shape index (κ3) is 61.7. The number of unbranched alkanes of at least 4 members (excludes halogenated alkanes) is 54. The molecule has 75 heavy (non-hydrogen) atoms. The molecule has 0 aliphatic heterocycles. The SMILES string of the molecule is CCCCCCCCCCCCCCCCCCC/C=C/C(O)C(CO)NC(=O)CCCCCCCCCCCCCCCCCCCCCCCCCCCCCCOC(=O)CCCCCCCCCCCCC. The summed E-state index contributed by atoms with van der Waals surface area (Å²) in [5, 5.41) is 23.2. The highest BCUT2D eigenvalue weighted by atomic mass is 16.5. The molecular weight excluding hydrogens is 923 g/mol. The number of hydrogen-bond donors (Lipinski definition) is 3. The van der Waals surface area contributed by atoms with E-state index in [4.69, 9.17) is 4.74 Å². The second-order valence-corrected chi connectivity index (χ2v) is 23.9. The van der Waals surface area contributed by atoms with Crippen molar-refractivity contribution in [3.8, 4) is 0 Å². The van der Waals surface area contributed by atoms with Crippen molar-refractivity contribution < 1.29 is 24.5 Å². The lowest BCUT2D eigenvalue weighted by Crippen LogP contribution is -2.45. The van der Waals surface area contributed by atoms with Gasteiger partial charge < -0.3 is 20.3 Å². The summed E-state index contributed by atoms with van der Waals surface area (Å²) in [7, 11) is 0. The number of allylic oxidation sites excluding steroid dienone is 1. The molecule has 0 fully saturated rings. The molecule has 2 atom stereocenters. The first kappa shape index (κ1) is 73.6. The van der Waals surface area contributed by atoms with Gasteiger partial charge in [0, 0.05) is 12.8 Å². The molecule has 0 aromatic rings. The van der Waals surface area contributed by atoms with Crippen molar-refractivity contribution >= 4 is 11.9 Å². The summed E-state index contributed by atoms with van der Waals surface area (Å²) in [5.41, 5.74) is 0. The molecular formula is C69H135NO5. The van der Waals surface area contributed by atoms with Crippen LogP contribution >= 0.6 is 0 Å². The van der Waals surface area contributed by atoms with Gasteiger partial charge >= 0.3 is 5.97 Å². The largest absolute Gasteiger partial charge is 0.466 e. The minimum atomic E-state index is -0.842. The number of rotatable bonds is 65. The molecule has 0 saturated heterocycles. The zero-order chi connectivity index (χ0) is 54.3. The van der Waals surface area contributed by atoms with Gasteiger partial charge in [-0.3, -0.25) is 9.59 Å². The van der Waals surface area contributed by atoms with E-state index >= 15 is 0 Å². The van der Waals surface area contributed by atoms with Gasteiger partial charge in [-0.25, -0.2) is 0 Å². The zero-order valence-electron chi connectivity index (χ0n) is 51.1. The Balaban J connectivity index is 3.37. The first-order valence-corrected chi connectivity index (χ1v) is 34.5. The van der Waals surface area contributed by atoms with Crippen LogP contribution in [-0.4, -0.2) is 47.4 Å². The topological polar surface area (TPSA) is 95.9 Å². The lowest BCUT2D eigenvalue weighted by Gasteiger charge is -2.20. The summed E-state index contributed by atoms with van der Waals surface area (Å²) >= 11 is 0. The second kappa shape index (κ2) is 65.1. The molecule has 446 valence electrons. The zero-order valence-corrected chi connectivity index (χ0v) is 51.1. The minimum absolute atomic E-state index is 0.0189. The van der Waals surface area contributed by atoms with Crippen LogP contribution in [-0.2, 0) is 14.3 Å². The van der Waals surface area contributed by atoms with Crippen molar-refractivity contribution in [2.75, 3.05) is 13.2 Å². The fourth-order valence-corrected chi connectivity index (χ4v) is 11.1. The summed E-state index contributed by atoms with van der Waals surface area (Å²) in [6, 6.07) is -0.625. The van der Waals surface area contributed by atoms with Crippen molar-refractivity contribution in [3.05, 3.63) is 12.2 Å². The fourth-order valence-electron chi connectivity index (χ4n) is 11.1. The summed E-state index contributed by atoms with van der Waals surface area (Å²) in [6.07, 6.45) is 80.0. The Hall–Kier alpha value is -1.40. The Morgan fingerprint density at radius 3 is 0.907 bits per heavy atom. The fraction of sp³-hybridized carbons (Fsp3) is 0.942. The Labute approximate surface area is 469 Å². The van der Waals surface area contributed by atoms with Gasteiger partial charge in [0.25, 0.3) is 0 Å². The van der Waals surface area contributed by atoms with E-state index in [0.717, 1.165) is 38.5 Å². The summed E-state index contributed by atoms with van der Waals surface area (Å²) in [4.78, 5) is 24.5. The maximum Gasteiger partial charge on any atom is 0.305 e. The van der Waals surface area contributed by atoms with E-state index in [2.05, 4.69) is 19.2 Å². The summed E-state index contributed by atoms with van der Waals surface area (Å²) in [5.74, 6) is -0.0418. The molecule has 1 amide bonds. The van der Waals surface area contributed by atoms with Crippen LogP contribution in [0.25, 0.3) is 0 Å². The van der Waals surface area contributed by atoms with Crippen LogP contribution in [0.3, 0.4) is 0 Å². The number of aliphatic hydroxyl groups is 2. The van der Waals surface area contributed by atoms with E-state index in [9.17, 15) is 19.8 Å². The third-order valence-electron chi connectivity index (χ3n) is 16.3. The first-order valence-electron chi connectivity index (χ1n) is 34.5. The van der Waals surface area contributed by atoms with Gasteiger partial charge in [-0.1, -0.05) is 360 Å². The number of nitrogens with one attached hydrogen (secondary N) is 1. The molecule has 0 aliphatic rings. The Bertz CT molecular complexity index is 1130. The van der Waals surface area contributed by atoms with Crippen LogP contribution in [0.15, 0.2) is 12.2 Å². The summed E-state index contributed by atoms with van der Waals surface area (Å²) in [6.45, 7) is 4.94. The van der Waals surface area contributed by atoms with Gasteiger partial charge in [0.15, 0.2) is 0 Å². The van der Waals surface area contributed by atoms with E-state index in [-0.39, 0.29) is 18.5 Å². The number of ether oxygens (including phenoxy) is 1. The van der Waals surface area contributed by atoms with E-state index in [1.807, 2.05) is 6.08 Å². The highest BCUT2D eigenvalue weighted by Crippen LogP contribution is 2.19. The standard InChI is InChI=1S/C69H135NO5/c1-3-5-7-9-11-13-15-16-17-18-29-32-35-38-42-45-49-53-57-61-67(72)66(65-71)70-68(73)62-58-54-50-46-43-39-36-33-30-27-25-23-21-19-20-22-24-26-28-31-34-37-40-44-48-52-56-60-64-75-69(74)63-59-55-51-47-41-14-12-10-8-6-4-2/h57,61,66-67,71-72H,3-56,58-60,62-65H2,1-2H3,(H,70,73)/b61-57+. The van der Waals surface area contributed by atoms with Crippen molar-refractivity contribution in [2.45, 2.75) is 405 Å². The highest BCUT2D eigenvalue weighted by Gasteiger charge is 2.18. The molecule has 0 aromatic heterocycles. The molecule has 0 heterocycles. The molecule has 0 aliphatic carbocycles. The monoisotopic (exact) mass is 1060 g/mol. The molecule has 0 radical (unpaired) electrons. The van der Waals surface area contributed by atoms with Crippen LogP contribution in [0.5, 0.6) is 0 Å². The summed E-state index contributed by atoms with van der Waals surface area (Å²) < 4.78 is 5.48. The Kier molecular flexibility index (Phi) is 63.9. The first-order chi connectivity index (χ1) is 37.0. The van der Waals surface area contributed by atoms with Crippen molar-refractivity contribution in [3.63, 3.8) is 0 Å². The predicted molar refractivity (Wildman–Crippen MR) is 329 cm³/mol. The molecule has 2 unspecified atom stereocenters. The van der Waals surface area contributed by atoms with Crippen molar-refractivity contribution in [1.82, 2.24) is 5.32 Å². The van der Waals surface area contributed by atoms with Crippen LogP contribution in [0, 0.1) is 0 Å².